The molecule has 1 aromatic carbocycles. The summed E-state index contributed by atoms with van der Waals surface area (Å²) in [5.41, 5.74) is 1.88. The zero-order valence-electron chi connectivity index (χ0n) is 14.8. The van der Waals surface area contributed by atoms with Gasteiger partial charge in [0.05, 0.1) is 17.8 Å². The fraction of sp³-hybridized carbons (Fsp3) is 0.333. The molecule has 2 amide bonds. The quantitative estimate of drug-likeness (QED) is 0.780. The van der Waals surface area contributed by atoms with E-state index in [2.05, 4.69) is 9.97 Å². The van der Waals surface area contributed by atoms with Crippen molar-refractivity contribution in [1.82, 2.24) is 19.2 Å². The number of carbonyl (C=O) groups is 2. The molecule has 8 nitrogen and oxygen atoms in total. The highest BCUT2D eigenvalue weighted by atomic mass is 32.2. The van der Waals surface area contributed by atoms with Gasteiger partial charge in [-0.1, -0.05) is 19.1 Å². The molecule has 27 heavy (non-hydrogen) atoms. The molecule has 9 heteroatoms. The first kappa shape index (κ1) is 17.6. The van der Waals surface area contributed by atoms with Crippen LogP contribution in [-0.4, -0.2) is 45.9 Å². The Bertz CT molecular complexity index is 1050. The molecule has 0 radical (unpaired) electrons. The monoisotopic (exact) mass is 386 g/mol. The summed E-state index contributed by atoms with van der Waals surface area (Å²) in [7, 11) is -3.89. The first-order valence-corrected chi connectivity index (χ1v) is 10.1. The maximum Gasteiger partial charge on any atom is 0.269 e. The molecule has 2 aliphatic heterocycles. The second kappa shape index (κ2) is 6.41. The molecule has 0 saturated carbocycles. The SMILES string of the molecule is CCc1ncc2c(n1)CN(C(=O)CCN1C(=O)c3ccccc3S1(=O)=O)C2. The number of amides is 2. The van der Waals surface area contributed by atoms with Gasteiger partial charge in [0.25, 0.3) is 15.9 Å². The molecule has 3 heterocycles. The fourth-order valence-corrected chi connectivity index (χ4v) is 4.92. The number of aryl methyl sites for hydroxylation is 1. The Morgan fingerprint density at radius 1 is 1.22 bits per heavy atom. The lowest BCUT2D eigenvalue weighted by atomic mass is 10.2. The number of rotatable bonds is 4. The van der Waals surface area contributed by atoms with Gasteiger partial charge in [-0.3, -0.25) is 9.59 Å². The van der Waals surface area contributed by atoms with Gasteiger partial charge in [0, 0.05) is 37.7 Å². The van der Waals surface area contributed by atoms with E-state index in [0.717, 1.165) is 27.8 Å². The van der Waals surface area contributed by atoms with Crippen LogP contribution >= 0.6 is 0 Å². The summed E-state index contributed by atoms with van der Waals surface area (Å²) >= 11 is 0. The summed E-state index contributed by atoms with van der Waals surface area (Å²) in [6, 6.07) is 6.09. The standard InChI is InChI=1S/C18H18N4O4S/c1-2-16-19-9-12-10-21(11-14(12)20-16)17(23)7-8-22-18(24)13-5-3-4-6-15(13)27(22,25)26/h3-6,9H,2,7-8,10-11H2,1H3. The van der Waals surface area contributed by atoms with Gasteiger partial charge in [-0.25, -0.2) is 22.7 Å². The minimum Gasteiger partial charge on any atom is -0.332 e. The third kappa shape index (κ3) is 2.87. The Labute approximate surface area is 156 Å². The molecular formula is C18H18N4O4S. The molecule has 2 aromatic rings. The van der Waals surface area contributed by atoms with E-state index in [4.69, 9.17) is 0 Å². The molecule has 0 bridgehead atoms. The van der Waals surface area contributed by atoms with Crippen molar-refractivity contribution in [2.75, 3.05) is 6.54 Å². The molecule has 4 rings (SSSR count). The maximum absolute atomic E-state index is 12.6. The first-order valence-electron chi connectivity index (χ1n) is 8.69. The smallest absolute Gasteiger partial charge is 0.269 e. The Morgan fingerprint density at radius 3 is 2.74 bits per heavy atom. The highest BCUT2D eigenvalue weighted by Crippen LogP contribution is 2.30. The van der Waals surface area contributed by atoms with Crippen LogP contribution in [0.25, 0.3) is 0 Å². The topological polar surface area (TPSA) is 101 Å². The van der Waals surface area contributed by atoms with Crippen LogP contribution in [0.5, 0.6) is 0 Å². The molecule has 0 unspecified atom stereocenters. The van der Waals surface area contributed by atoms with Crippen LogP contribution in [0.4, 0.5) is 0 Å². The predicted octanol–water partition coefficient (Wildman–Crippen LogP) is 1.12. The molecule has 0 spiro atoms. The van der Waals surface area contributed by atoms with E-state index in [-0.39, 0.29) is 29.3 Å². The molecule has 2 aliphatic rings. The highest BCUT2D eigenvalue weighted by molar-refractivity contribution is 7.90. The van der Waals surface area contributed by atoms with Crippen molar-refractivity contribution in [1.29, 1.82) is 0 Å². The van der Waals surface area contributed by atoms with Crippen LogP contribution < -0.4 is 0 Å². The van der Waals surface area contributed by atoms with Crippen molar-refractivity contribution in [3.63, 3.8) is 0 Å². The summed E-state index contributed by atoms with van der Waals surface area (Å²) in [5, 5.41) is 0. The number of fused-ring (bicyclic) bond motifs is 2. The lowest BCUT2D eigenvalue weighted by molar-refractivity contribution is -0.131. The van der Waals surface area contributed by atoms with E-state index in [1.165, 1.54) is 12.1 Å². The molecular weight excluding hydrogens is 368 g/mol. The Kier molecular flexibility index (Phi) is 4.18. The number of sulfonamides is 1. The molecule has 0 aliphatic carbocycles. The average Bonchev–Trinajstić information content (AvgIpc) is 3.18. The van der Waals surface area contributed by atoms with Gasteiger partial charge in [0.2, 0.25) is 5.91 Å². The number of nitrogens with zero attached hydrogens (tertiary/aromatic N) is 4. The van der Waals surface area contributed by atoms with Gasteiger partial charge < -0.3 is 4.90 Å². The van der Waals surface area contributed by atoms with Crippen molar-refractivity contribution in [3.8, 4) is 0 Å². The van der Waals surface area contributed by atoms with Crippen molar-refractivity contribution in [2.45, 2.75) is 37.8 Å². The summed E-state index contributed by atoms with van der Waals surface area (Å²) in [6.45, 7) is 2.57. The summed E-state index contributed by atoms with van der Waals surface area (Å²) in [6.07, 6.45) is 2.39. The van der Waals surface area contributed by atoms with Crippen LogP contribution in [0.2, 0.25) is 0 Å². The van der Waals surface area contributed by atoms with Crippen molar-refractivity contribution < 1.29 is 18.0 Å². The minimum absolute atomic E-state index is 0.00149. The maximum atomic E-state index is 12.6. The van der Waals surface area contributed by atoms with E-state index in [1.807, 2.05) is 6.92 Å². The van der Waals surface area contributed by atoms with E-state index in [0.29, 0.717) is 13.1 Å². The van der Waals surface area contributed by atoms with Crippen molar-refractivity contribution in [2.24, 2.45) is 0 Å². The number of benzene rings is 1. The molecule has 0 atom stereocenters. The first-order chi connectivity index (χ1) is 12.9. The summed E-state index contributed by atoms with van der Waals surface area (Å²) < 4.78 is 25.9. The number of hydrogen-bond acceptors (Lipinski definition) is 6. The van der Waals surface area contributed by atoms with Crippen molar-refractivity contribution in [3.05, 3.63) is 53.1 Å². The normalized spacial score (nSPS) is 17.1. The highest BCUT2D eigenvalue weighted by Gasteiger charge is 2.41. The number of carbonyl (C=O) groups excluding carboxylic acids is 2. The van der Waals surface area contributed by atoms with Crippen molar-refractivity contribution >= 4 is 21.8 Å². The van der Waals surface area contributed by atoms with Gasteiger partial charge in [-0.2, -0.15) is 0 Å². The predicted molar refractivity (Wildman–Crippen MR) is 94.9 cm³/mol. The van der Waals surface area contributed by atoms with Gasteiger partial charge in [0.1, 0.15) is 10.7 Å². The van der Waals surface area contributed by atoms with Gasteiger partial charge in [-0.15, -0.1) is 0 Å². The summed E-state index contributed by atoms with van der Waals surface area (Å²) in [4.78, 5) is 35.2. The largest absolute Gasteiger partial charge is 0.332 e. The van der Waals surface area contributed by atoms with Crippen LogP contribution in [0, 0.1) is 0 Å². The van der Waals surface area contributed by atoms with Gasteiger partial charge >= 0.3 is 0 Å². The van der Waals surface area contributed by atoms with Crippen LogP contribution in [0.3, 0.4) is 0 Å². The number of hydrogen-bond donors (Lipinski definition) is 0. The molecule has 1 aromatic heterocycles. The zero-order chi connectivity index (χ0) is 19.2. The van der Waals surface area contributed by atoms with Crippen LogP contribution in [0.15, 0.2) is 35.4 Å². The summed E-state index contributed by atoms with van der Waals surface area (Å²) in [5.74, 6) is -0.0684. The molecule has 0 fully saturated rings. The van der Waals surface area contributed by atoms with Crippen LogP contribution in [-0.2, 0) is 34.3 Å². The van der Waals surface area contributed by atoms with E-state index in [9.17, 15) is 18.0 Å². The lowest BCUT2D eigenvalue weighted by Crippen LogP contribution is -2.35. The molecule has 0 N–H and O–H groups in total. The lowest BCUT2D eigenvalue weighted by Gasteiger charge is -2.18. The average molecular weight is 386 g/mol. The fourth-order valence-electron chi connectivity index (χ4n) is 3.35. The van der Waals surface area contributed by atoms with E-state index < -0.39 is 15.9 Å². The third-order valence-corrected chi connectivity index (χ3v) is 6.66. The number of aromatic nitrogens is 2. The third-order valence-electron chi connectivity index (χ3n) is 4.82. The Hall–Kier alpha value is -2.81. The minimum atomic E-state index is -3.89. The Morgan fingerprint density at radius 2 is 2.00 bits per heavy atom. The van der Waals surface area contributed by atoms with Crippen LogP contribution in [0.1, 0.15) is 40.8 Å². The van der Waals surface area contributed by atoms with Gasteiger partial charge in [-0.05, 0) is 12.1 Å². The van der Waals surface area contributed by atoms with E-state index >= 15 is 0 Å². The molecule has 140 valence electrons. The zero-order valence-corrected chi connectivity index (χ0v) is 15.6. The Balaban J connectivity index is 1.44. The second-order valence-electron chi connectivity index (χ2n) is 6.49. The van der Waals surface area contributed by atoms with E-state index in [1.54, 1.807) is 23.2 Å². The van der Waals surface area contributed by atoms with Gasteiger partial charge in [0.15, 0.2) is 0 Å². The second-order valence-corrected chi connectivity index (χ2v) is 8.32. The molecule has 0 saturated heterocycles.